The second-order valence-electron chi connectivity index (χ2n) is 6.86. The number of carbonyl (C=O) groups is 1. The first-order valence-electron chi connectivity index (χ1n) is 8.78. The van der Waals surface area contributed by atoms with E-state index in [1.807, 2.05) is 14.1 Å². The van der Waals surface area contributed by atoms with Crippen LogP contribution in [0.3, 0.4) is 0 Å². The minimum atomic E-state index is -0.168. The zero-order chi connectivity index (χ0) is 17.6. The maximum Gasteiger partial charge on any atom is 0.256 e. The Morgan fingerprint density at radius 2 is 2.00 bits per heavy atom. The Kier molecular flexibility index (Phi) is 4.17. The lowest BCUT2D eigenvalue weighted by Crippen LogP contribution is -2.38. The van der Waals surface area contributed by atoms with Crippen LogP contribution in [0.1, 0.15) is 39.5 Å². The van der Waals surface area contributed by atoms with Gasteiger partial charge in [0.1, 0.15) is 11.2 Å². The number of rotatable bonds is 3. The lowest BCUT2D eigenvalue weighted by molar-refractivity contribution is 0.0934. The number of nitrogens with one attached hydrogen (secondary N) is 2. The molecule has 0 bridgehead atoms. The average Bonchev–Trinajstić information content (AvgIpc) is 2.99. The highest BCUT2D eigenvalue weighted by atomic mass is 32.1. The van der Waals surface area contributed by atoms with E-state index in [0.29, 0.717) is 0 Å². The molecule has 1 unspecified atom stereocenters. The lowest BCUT2D eigenvalue weighted by atomic mass is 10.0. The minimum absolute atomic E-state index is 0.0536. The molecule has 2 aliphatic rings. The van der Waals surface area contributed by atoms with Crippen LogP contribution in [0.5, 0.6) is 0 Å². The normalized spacial score (nSPS) is 19.6. The summed E-state index contributed by atoms with van der Waals surface area (Å²) in [5.74, 6) is 0.0536. The summed E-state index contributed by atoms with van der Waals surface area (Å²) < 4.78 is 0. The molecule has 0 saturated carbocycles. The smallest absolute Gasteiger partial charge is 0.256 e. The fraction of sp³-hybridized carbons (Fsp3) is 0.421. The number of anilines is 2. The van der Waals surface area contributed by atoms with Crippen LogP contribution in [0, 0.1) is 0 Å². The Hall–Kier alpha value is -2.05. The summed E-state index contributed by atoms with van der Waals surface area (Å²) in [5, 5.41) is 7.69. The second-order valence-corrected chi connectivity index (χ2v) is 7.97. The average molecular weight is 356 g/mol. The monoisotopic (exact) mass is 356 g/mol. The van der Waals surface area contributed by atoms with Crippen LogP contribution >= 0.6 is 11.3 Å². The molecule has 6 heteroatoms. The Labute approximate surface area is 152 Å². The molecule has 1 aromatic carbocycles. The van der Waals surface area contributed by atoms with Gasteiger partial charge in [0.25, 0.3) is 5.91 Å². The molecule has 0 aliphatic carbocycles. The van der Waals surface area contributed by atoms with E-state index in [2.05, 4.69) is 51.6 Å². The summed E-state index contributed by atoms with van der Waals surface area (Å²) in [4.78, 5) is 18.6. The van der Waals surface area contributed by atoms with E-state index in [-0.39, 0.29) is 12.1 Å². The number of thiophene rings is 1. The summed E-state index contributed by atoms with van der Waals surface area (Å²) >= 11 is 1.75. The number of likely N-dealkylation sites (N-methyl/N-ethyl adjacent to an activating group) is 1. The first kappa shape index (κ1) is 16.4. The zero-order valence-electron chi connectivity index (χ0n) is 14.9. The molecule has 4 rings (SSSR count). The van der Waals surface area contributed by atoms with Gasteiger partial charge in [-0.1, -0.05) is 19.1 Å². The lowest BCUT2D eigenvalue weighted by Gasteiger charge is -2.28. The van der Waals surface area contributed by atoms with E-state index in [0.717, 1.165) is 47.9 Å². The third-order valence-electron chi connectivity index (χ3n) is 5.10. The van der Waals surface area contributed by atoms with Gasteiger partial charge in [-0.2, -0.15) is 0 Å². The first-order chi connectivity index (χ1) is 12.1. The Bertz CT molecular complexity index is 797. The van der Waals surface area contributed by atoms with E-state index < -0.39 is 0 Å². The fourth-order valence-electron chi connectivity index (χ4n) is 3.57. The number of carbonyl (C=O) groups excluding carboxylic acids is 1. The predicted molar refractivity (Wildman–Crippen MR) is 104 cm³/mol. The van der Waals surface area contributed by atoms with Crippen molar-refractivity contribution >= 4 is 27.9 Å². The van der Waals surface area contributed by atoms with Crippen LogP contribution in [0.4, 0.5) is 10.7 Å². The molecule has 0 fully saturated rings. The highest BCUT2D eigenvalue weighted by Gasteiger charge is 2.33. The SMILES string of the molecule is CCN1CCc2c(sc3c2C(=O)NC(c2ccc(N(C)C)cc2)N3)C1. The largest absolute Gasteiger partial charge is 0.378 e. The van der Waals surface area contributed by atoms with Crippen LogP contribution in [-0.2, 0) is 13.0 Å². The van der Waals surface area contributed by atoms with E-state index in [4.69, 9.17) is 0 Å². The summed E-state index contributed by atoms with van der Waals surface area (Å²) in [5.41, 5.74) is 4.34. The van der Waals surface area contributed by atoms with Crippen molar-refractivity contribution in [2.24, 2.45) is 0 Å². The van der Waals surface area contributed by atoms with Gasteiger partial charge in [-0.15, -0.1) is 11.3 Å². The fourth-order valence-corrected chi connectivity index (χ4v) is 4.89. The molecule has 2 aromatic rings. The Balaban J connectivity index is 1.61. The van der Waals surface area contributed by atoms with Crippen molar-refractivity contribution in [2.75, 3.05) is 37.4 Å². The maximum atomic E-state index is 12.8. The quantitative estimate of drug-likeness (QED) is 0.887. The summed E-state index contributed by atoms with van der Waals surface area (Å²) in [6.07, 6.45) is 0.797. The van der Waals surface area contributed by atoms with Gasteiger partial charge in [0, 0.05) is 37.7 Å². The number of hydrogen-bond donors (Lipinski definition) is 2. The van der Waals surface area contributed by atoms with Crippen molar-refractivity contribution in [1.82, 2.24) is 10.2 Å². The standard InChI is InChI=1S/C19H24N4OS/c1-4-23-10-9-14-15(11-23)25-19-16(14)18(24)20-17(21-19)12-5-7-13(8-6-12)22(2)3/h5-8,17,21H,4,9-11H2,1-3H3,(H,20,24). The van der Waals surface area contributed by atoms with Gasteiger partial charge in [-0.3, -0.25) is 9.69 Å². The molecule has 132 valence electrons. The summed E-state index contributed by atoms with van der Waals surface area (Å²) in [6.45, 7) is 5.25. The number of fused-ring (bicyclic) bond motifs is 3. The predicted octanol–water partition coefficient (Wildman–Crippen LogP) is 3.05. The van der Waals surface area contributed by atoms with Gasteiger partial charge >= 0.3 is 0 Å². The molecule has 1 amide bonds. The second kappa shape index (κ2) is 6.35. The highest BCUT2D eigenvalue weighted by Crippen LogP contribution is 2.40. The van der Waals surface area contributed by atoms with E-state index >= 15 is 0 Å². The van der Waals surface area contributed by atoms with E-state index in [1.165, 1.54) is 10.4 Å². The van der Waals surface area contributed by atoms with Crippen LogP contribution in [0.2, 0.25) is 0 Å². The Morgan fingerprint density at radius 3 is 2.68 bits per heavy atom. The number of benzene rings is 1. The number of hydrogen-bond acceptors (Lipinski definition) is 5. The molecular formula is C19H24N4OS. The van der Waals surface area contributed by atoms with Gasteiger partial charge in [-0.05, 0) is 36.2 Å². The van der Waals surface area contributed by atoms with Crippen LogP contribution in [0.25, 0.3) is 0 Å². The summed E-state index contributed by atoms with van der Waals surface area (Å²) in [7, 11) is 4.05. The summed E-state index contributed by atoms with van der Waals surface area (Å²) in [6, 6.07) is 8.31. The molecule has 25 heavy (non-hydrogen) atoms. The van der Waals surface area contributed by atoms with Crippen LogP contribution < -0.4 is 15.5 Å². The van der Waals surface area contributed by atoms with E-state index in [1.54, 1.807) is 11.3 Å². The number of amides is 1. The van der Waals surface area contributed by atoms with Crippen LogP contribution in [-0.4, -0.2) is 38.0 Å². The van der Waals surface area contributed by atoms with Crippen LogP contribution in [0.15, 0.2) is 24.3 Å². The molecule has 0 radical (unpaired) electrons. The maximum absolute atomic E-state index is 12.8. The van der Waals surface area contributed by atoms with Gasteiger partial charge < -0.3 is 15.5 Å². The molecular weight excluding hydrogens is 332 g/mol. The van der Waals surface area contributed by atoms with Crippen molar-refractivity contribution in [3.8, 4) is 0 Å². The van der Waals surface area contributed by atoms with Crippen molar-refractivity contribution in [2.45, 2.75) is 26.1 Å². The molecule has 1 atom stereocenters. The molecule has 0 saturated heterocycles. The minimum Gasteiger partial charge on any atom is -0.378 e. The first-order valence-corrected chi connectivity index (χ1v) is 9.60. The third-order valence-corrected chi connectivity index (χ3v) is 6.25. The van der Waals surface area contributed by atoms with Crippen molar-refractivity contribution in [3.05, 3.63) is 45.8 Å². The van der Waals surface area contributed by atoms with Crippen molar-refractivity contribution < 1.29 is 4.79 Å². The molecule has 2 aliphatic heterocycles. The van der Waals surface area contributed by atoms with Crippen molar-refractivity contribution in [3.63, 3.8) is 0 Å². The van der Waals surface area contributed by atoms with E-state index in [9.17, 15) is 4.79 Å². The highest BCUT2D eigenvalue weighted by molar-refractivity contribution is 7.16. The van der Waals surface area contributed by atoms with Gasteiger partial charge in [0.2, 0.25) is 0 Å². The topological polar surface area (TPSA) is 47.6 Å². The molecule has 5 nitrogen and oxygen atoms in total. The molecule has 3 heterocycles. The molecule has 0 spiro atoms. The Morgan fingerprint density at radius 1 is 1.24 bits per heavy atom. The van der Waals surface area contributed by atoms with Gasteiger partial charge in [-0.25, -0.2) is 0 Å². The molecule has 1 aromatic heterocycles. The van der Waals surface area contributed by atoms with Gasteiger partial charge in [0.15, 0.2) is 0 Å². The molecule has 2 N–H and O–H groups in total. The van der Waals surface area contributed by atoms with Crippen molar-refractivity contribution in [1.29, 1.82) is 0 Å². The third kappa shape index (κ3) is 2.89. The number of nitrogens with zero attached hydrogens (tertiary/aromatic N) is 2. The zero-order valence-corrected chi connectivity index (χ0v) is 15.7. The van der Waals surface area contributed by atoms with Gasteiger partial charge in [0.05, 0.1) is 5.56 Å².